The van der Waals surface area contributed by atoms with E-state index in [2.05, 4.69) is 16.5 Å². The van der Waals surface area contributed by atoms with Gasteiger partial charge in [-0.2, -0.15) is 5.26 Å². The fourth-order valence-corrected chi connectivity index (χ4v) is 2.05. The van der Waals surface area contributed by atoms with Gasteiger partial charge in [0.1, 0.15) is 11.8 Å². The molecule has 1 atom stereocenters. The lowest BCUT2D eigenvalue weighted by Crippen LogP contribution is -2.07. The number of ether oxygens (including phenoxy) is 1. The van der Waals surface area contributed by atoms with Crippen molar-refractivity contribution in [2.75, 3.05) is 18.5 Å². The molecule has 22 heavy (non-hydrogen) atoms. The summed E-state index contributed by atoms with van der Waals surface area (Å²) in [6, 6.07) is 8.63. The number of anilines is 1. The van der Waals surface area contributed by atoms with Gasteiger partial charge in [0.25, 0.3) is 0 Å². The Morgan fingerprint density at radius 1 is 1.50 bits per heavy atom. The van der Waals surface area contributed by atoms with Crippen LogP contribution in [0, 0.1) is 11.3 Å². The van der Waals surface area contributed by atoms with Crippen LogP contribution in [-0.4, -0.2) is 23.4 Å². The van der Waals surface area contributed by atoms with Gasteiger partial charge in [-0.15, -0.1) is 0 Å². The SMILES string of the molecule is CCC(Oc1cc(Cl)ccc1C#N)c1cc(NCCO)no1. The van der Waals surface area contributed by atoms with Crippen molar-refractivity contribution in [3.63, 3.8) is 0 Å². The van der Waals surface area contributed by atoms with Gasteiger partial charge in [-0.25, -0.2) is 0 Å². The summed E-state index contributed by atoms with van der Waals surface area (Å²) in [4.78, 5) is 0. The first-order valence-corrected chi connectivity index (χ1v) is 7.23. The van der Waals surface area contributed by atoms with Gasteiger partial charge >= 0.3 is 0 Å². The standard InChI is InChI=1S/C15H16ClN3O3/c1-2-12(14-8-15(19-22-14)18-5-6-20)21-13-7-11(16)4-3-10(13)9-17/h3-4,7-8,12,20H,2,5-6H2,1H3,(H,18,19). The molecule has 0 spiro atoms. The van der Waals surface area contributed by atoms with Gasteiger partial charge in [-0.3, -0.25) is 0 Å². The fraction of sp³-hybridized carbons (Fsp3) is 0.333. The van der Waals surface area contributed by atoms with Crippen molar-refractivity contribution in [1.29, 1.82) is 5.26 Å². The van der Waals surface area contributed by atoms with E-state index >= 15 is 0 Å². The number of aliphatic hydroxyl groups is 1. The summed E-state index contributed by atoms with van der Waals surface area (Å²) >= 11 is 5.95. The van der Waals surface area contributed by atoms with Crippen molar-refractivity contribution in [2.24, 2.45) is 0 Å². The molecule has 7 heteroatoms. The van der Waals surface area contributed by atoms with Gasteiger partial charge in [0.15, 0.2) is 17.7 Å². The summed E-state index contributed by atoms with van der Waals surface area (Å²) in [6.45, 7) is 2.32. The molecule has 1 heterocycles. The Labute approximate surface area is 133 Å². The summed E-state index contributed by atoms with van der Waals surface area (Å²) < 4.78 is 11.1. The highest BCUT2D eigenvalue weighted by atomic mass is 35.5. The topological polar surface area (TPSA) is 91.3 Å². The molecule has 0 saturated carbocycles. The highest BCUT2D eigenvalue weighted by Crippen LogP contribution is 2.30. The molecule has 2 N–H and O–H groups in total. The maximum atomic E-state index is 9.12. The number of aliphatic hydroxyl groups excluding tert-OH is 1. The third-order valence-corrected chi connectivity index (χ3v) is 3.20. The van der Waals surface area contributed by atoms with E-state index in [1.54, 1.807) is 24.3 Å². The van der Waals surface area contributed by atoms with Gasteiger partial charge in [0, 0.05) is 23.7 Å². The maximum absolute atomic E-state index is 9.12. The van der Waals surface area contributed by atoms with E-state index in [9.17, 15) is 0 Å². The first-order chi connectivity index (χ1) is 10.7. The summed E-state index contributed by atoms with van der Waals surface area (Å²) in [5, 5.41) is 25.2. The molecular formula is C15H16ClN3O3. The van der Waals surface area contributed by atoms with E-state index in [0.29, 0.717) is 40.9 Å². The van der Waals surface area contributed by atoms with Crippen LogP contribution in [0.3, 0.4) is 0 Å². The fourth-order valence-electron chi connectivity index (χ4n) is 1.89. The second kappa shape index (κ2) is 7.69. The zero-order valence-electron chi connectivity index (χ0n) is 12.0. The largest absolute Gasteiger partial charge is 0.481 e. The number of hydrogen-bond donors (Lipinski definition) is 2. The van der Waals surface area contributed by atoms with E-state index in [4.69, 9.17) is 31.2 Å². The number of aromatic nitrogens is 1. The lowest BCUT2D eigenvalue weighted by Gasteiger charge is -2.15. The third-order valence-electron chi connectivity index (χ3n) is 2.97. The average molecular weight is 322 g/mol. The molecule has 0 saturated heterocycles. The zero-order chi connectivity index (χ0) is 15.9. The molecule has 2 rings (SSSR count). The molecule has 6 nitrogen and oxygen atoms in total. The smallest absolute Gasteiger partial charge is 0.179 e. The average Bonchev–Trinajstić information content (AvgIpc) is 2.99. The summed E-state index contributed by atoms with van der Waals surface area (Å²) in [7, 11) is 0. The van der Waals surface area contributed by atoms with Gasteiger partial charge < -0.3 is 19.7 Å². The summed E-state index contributed by atoms with van der Waals surface area (Å²) in [5.41, 5.74) is 0.404. The zero-order valence-corrected chi connectivity index (χ0v) is 12.8. The Morgan fingerprint density at radius 3 is 3.00 bits per heavy atom. The third kappa shape index (κ3) is 3.91. The number of nitrogens with one attached hydrogen (secondary N) is 1. The Balaban J connectivity index is 2.17. The second-order valence-corrected chi connectivity index (χ2v) is 4.97. The molecule has 1 aromatic carbocycles. The van der Waals surface area contributed by atoms with E-state index in [1.807, 2.05) is 6.92 Å². The molecule has 0 fully saturated rings. The molecule has 116 valence electrons. The van der Waals surface area contributed by atoms with Gasteiger partial charge in [0.2, 0.25) is 0 Å². The predicted molar refractivity (Wildman–Crippen MR) is 81.9 cm³/mol. The van der Waals surface area contributed by atoms with Crippen LogP contribution in [0.4, 0.5) is 5.82 Å². The highest BCUT2D eigenvalue weighted by Gasteiger charge is 2.19. The molecule has 0 aliphatic rings. The van der Waals surface area contributed by atoms with Crippen LogP contribution in [0.2, 0.25) is 5.02 Å². The van der Waals surface area contributed by atoms with Crippen molar-refractivity contribution in [1.82, 2.24) is 5.16 Å². The van der Waals surface area contributed by atoms with E-state index in [0.717, 1.165) is 0 Å². The number of benzene rings is 1. The predicted octanol–water partition coefficient (Wildman–Crippen LogP) is 3.13. The number of nitriles is 1. The molecular weight excluding hydrogens is 306 g/mol. The van der Waals surface area contributed by atoms with Crippen molar-refractivity contribution in [3.05, 3.63) is 40.6 Å². The minimum absolute atomic E-state index is 0.00391. The quantitative estimate of drug-likeness (QED) is 0.814. The maximum Gasteiger partial charge on any atom is 0.179 e. The summed E-state index contributed by atoms with van der Waals surface area (Å²) in [6.07, 6.45) is 0.245. The molecule has 1 aromatic heterocycles. The minimum atomic E-state index is -0.386. The van der Waals surface area contributed by atoms with Crippen LogP contribution in [0.5, 0.6) is 5.75 Å². The van der Waals surface area contributed by atoms with Crippen LogP contribution in [0.15, 0.2) is 28.8 Å². The Bertz CT molecular complexity index is 666. The lowest BCUT2D eigenvalue weighted by molar-refractivity contribution is 0.160. The summed E-state index contributed by atoms with van der Waals surface area (Å²) in [5.74, 6) is 1.47. The lowest BCUT2D eigenvalue weighted by atomic mass is 10.2. The van der Waals surface area contributed by atoms with Crippen LogP contribution in [-0.2, 0) is 0 Å². The number of hydrogen-bond acceptors (Lipinski definition) is 6. The molecule has 2 aromatic rings. The van der Waals surface area contributed by atoms with Crippen molar-refractivity contribution in [2.45, 2.75) is 19.4 Å². The van der Waals surface area contributed by atoms with Gasteiger partial charge in [0.05, 0.1) is 12.2 Å². The molecule has 1 unspecified atom stereocenters. The van der Waals surface area contributed by atoms with Crippen LogP contribution in [0.25, 0.3) is 0 Å². The number of halogens is 1. The molecule has 0 bridgehead atoms. The number of nitrogens with zero attached hydrogens (tertiary/aromatic N) is 2. The molecule has 0 aliphatic carbocycles. The molecule has 0 amide bonds. The van der Waals surface area contributed by atoms with Crippen LogP contribution >= 0.6 is 11.6 Å². The number of rotatable bonds is 7. The molecule has 0 aliphatic heterocycles. The highest BCUT2D eigenvalue weighted by molar-refractivity contribution is 6.30. The van der Waals surface area contributed by atoms with E-state index < -0.39 is 0 Å². The first kappa shape index (κ1) is 16.1. The van der Waals surface area contributed by atoms with Crippen molar-refractivity contribution < 1.29 is 14.4 Å². The van der Waals surface area contributed by atoms with Crippen molar-refractivity contribution in [3.8, 4) is 11.8 Å². The normalized spacial score (nSPS) is 11.7. The monoisotopic (exact) mass is 321 g/mol. The Hall–Kier alpha value is -2.23. The Kier molecular flexibility index (Phi) is 5.64. The van der Waals surface area contributed by atoms with Crippen LogP contribution < -0.4 is 10.1 Å². The second-order valence-electron chi connectivity index (χ2n) is 4.53. The van der Waals surface area contributed by atoms with E-state index in [-0.39, 0.29) is 12.7 Å². The van der Waals surface area contributed by atoms with Crippen LogP contribution in [0.1, 0.15) is 30.8 Å². The van der Waals surface area contributed by atoms with E-state index in [1.165, 1.54) is 0 Å². The first-order valence-electron chi connectivity index (χ1n) is 6.85. The van der Waals surface area contributed by atoms with Crippen molar-refractivity contribution >= 4 is 17.4 Å². The van der Waals surface area contributed by atoms with Gasteiger partial charge in [-0.1, -0.05) is 23.7 Å². The molecule has 0 radical (unpaired) electrons. The Morgan fingerprint density at radius 2 is 2.32 bits per heavy atom. The minimum Gasteiger partial charge on any atom is -0.481 e. The van der Waals surface area contributed by atoms with Gasteiger partial charge in [-0.05, 0) is 18.6 Å².